The number of ether oxygens (including phenoxy) is 1. The summed E-state index contributed by atoms with van der Waals surface area (Å²) >= 11 is 0. The van der Waals surface area contributed by atoms with Crippen molar-refractivity contribution in [2.24, 2.45) is 0 Å². The molecule has 9 nitrogen and oxygen atoms in total. The van der Waals surface area contributed by atoms with Crippen LogP contribution in [-0.4, -0.2) is 58.1 Å². The molecule has 0 aliphatic heterocycles. The number of H-pyrrole nitrogens is 1. The SMILES string of the molecule is C[C@@H](CO)NC(=O)OCCN(C(=O)/C=C/c1[nH]nc2ncccc12)c1ccccc1. The molecule has 1 aromatic carbocycles. The van der Waals surface area contributed by atoms with Gasteiger partial charge < -0.3 is 20.1 Å². The van der Waals surface area contributed by atoms with Crippen LogP contribution in [0.1, 0.15) is 12.6 Å². The molecule has 1 atom stereocenters. The van der Waals surface area contributed by atoms with Gasteiger partial charge in [0.1, 0.15) is 6.61 Å². The number of aliphatic hydroxyl groups excluding tert-OH is 1. The fraction of sp³-hybridized carbons (Fsp3) is 0.238. The second-order valence-corrected chi connectivity index (χ2v) is 6.53. The van der Waals surface area contributed by atoms with E-state index in [9.17, 15) is 9.59 Å². The maximum absolute atomic E-state index is 12.9. The quantitative estimate of drug-likeness (QED) is 0.490. The lowest BCUT2D eigenvalue weighted by Gasteiger charge is -2.21. The lowest BCUT2D eigenvalue weighted by atomic mass is 10.2. The number of nitrogens with one attached hydrogen (secondary N) is 2. The molecule has 2 heterocycles. The number of rotatable bonds is 8. The molecule has 0 saturated heterocycles. The lowest BCUT2D eigenvalue weighted by Crippen LogP contribution is -2.38. The highest BCUT2D eigenvalue weighted by Gasteiger charge is 2.15. The first-order valence-electron chi connectivity index (χ1n) is 9.46. The van der Waals surface area contributed by atoms with Crippen molar-refractivity contribution in [2.75, 3.05) is 24.7 Å². The van der Waals surface area contributed by atoms with E-state index in [1.807, 2.05) is 24.3 Å². The fourth-order valence-electron chi connectivity index (χ4n) is 2.73. The monoisotopic (exact) mass is 409 g/mol. The Labute approximate surface area is 173 Å². The highest BCUT2D eigenvalue weighted by atomic mass is 16.5. The van der Waals surface area contributed by atoms with E-state index in [2.05, 4.69) is 20.5 Å². The van der Waals surface area contributed by atoms with Crippen LogP contribution in [0.25, 0.3) is 17.1 Å². The smallest absolute Gasteiger partial charge is 0.407 e. The number of carbonyl (C=O) groups is 2. The van der Waals surface area contributed by atoms with E-state index in [1.54, 1.807) is 37.4 Å². The number of alkyl carbamates (subject to hydrolysis) is 1. The van der Waals surface area contributed by atoms with Gasteiger partial charge in [-0.05, 0) is 37.3 Å². The highest BCUT2D eigenvalue weighted by molar-refractivity contribution is 6.04. The van der Waals surface area contributed by atoms with Crippen molar-refractivity contribution < 1.29 is 19.4 Å². The summed E-state index contributed by atoms with van der Waals surface area (Å²) in [6, 6.07) is 12.4. The summed E-state index contributed by atoms with van der Waals surface area (Å²) in [6.45, 7) is 1.63. The number of hydrogen-bond donors (Lipinski definition) is 3. The maximum Gasteiger partial charge on any atom is 0.407 e. The van der Waals surface area contributed by atoms with Crippen LogP contribution in [0.3, 0.4) is 0 Å². The molecular formula is C21H23N5O4. The molecule has 0 aliphatic rings. The van der Waals surface area contributed by atoms with Crippen molar-refractivity contribution in [1.82, 2.24) is 20.5 Å². The predicted molar refractivity (Wildman–Crippen MR) is 113 cm³/mol. The van der Waals surface area contributed by atoms with E-state index in [0.717, 1.165) is 5.39 Å². The van der Waals surface area contributed by atoms with Gasteiger partial charge in [-0.1, -0.05) is 18.2 Å². The molecular weight excluding hydrogens is 386 g/mol. The van der Waals surface area contributed by atoms with Crippen molar-refractivity contribution in [3.8, 4) is 0 Å². The molecule has 0 saturated carbocycles. The Kier molecular flexibility index (Phi) is 7.12. The van der Waals surface area contributed by atoms with E-state index in [-0.39, 0.29) is 25.7 Å². The van der Waals surface area contributed by atoms with Crippen molar-refractivity contribution in [2.45, 2.75) is 13.0 Å². The van der Waals surface area contributed by atoms with E-state index < -0.39 is 12.1 Å². The average molecular weight is 409 g/mol. The van der Waals surface area contributed by atoms with Gasteiger partial charge in [0.05, 0.1) is 24.9 Å². The molecule has 0 bridgehead atoms. The van der Waals surface area contributed by atoms with E-state index in [1.165, 1.54) is 11.0 Å². The van der Waals surface area contributed by atoms with Gasteiger partial charge in [-0.25, -0.2) is 9.78 Å². The van der Waals surface area contributed by atoms with Gasteiger partial charge in [-0.3, -0.25) is 9.89 Å². The van der Waals surface area contributed by atoms with Crippen LogP contribution in [0.5, 0.6) is 0 Å². The standard InChI is InChI=1S/C21H23N5O4/c1-15(14-27)23-21(29)30-13-12-26(16-6-3-2-4-7-16)19(28)10-9-18-17-8-5-11-22-20(17)25-24-18/h2-11,15,27H,12-14H2,1H3,(H,23,29)(H,22,24,25)/b10-9+/t15-/m0/s1. The Hall–Kier alpha value is -3.72. The van der Waals surface area contributed by atoms with Crippen LogP contribution >= 0.6 is 0 Å². The molecule has 3 aromatic rings. The molecule has 9 heteroatoms. The van der Waals surface area contributed by atoms with Gasteiger partial charge in [-0.2, -0.15) is 5.10 Å². The second-order valence-electron chi connectivity index (χ2n) is 6.53. The van der Waals surface area contributed by atoms with Gasteiger partial charge in [-0.15, -0.1) is 0 Å². The van der Waals surface area contributed by atoms with E-state index in [0.29, 0.717) is 17.0 Å². The molecule has 0 unspecified atom stereocenters. The minimum Gasteiger partial charge on any atom is -0.448 e. The number of aromatic nitrogens is 3. The number of benzene rings is 1. The number of anilines is 1. The van der Waals surface area contributed by atoms with Gasteiger partial charge in [0.2, 0.25) is 0 Å². The summed E-state index contributed by atoms with van der Waals surface area (Å²) in [7, 11) is 0. The molecule has 3 N–H and O–H groups in total. The Bertz CT molecular complexity index is 1020. The molecule has 0 aliphatic carbocycles. The summed E-state index contributed by atoms with van der Waals surface area (Å²) in [4.78, 5) is 30.3. The van der Waals surface area contributed by atoms with Gasteiger partial charge in [0.15, 0.2) is 5.65 Å². The Morgan fingerprint density at radius 2 is 2.07 bits per heavy atom. The van der Waals surface area contributed by atoms with E-state index in [4.69, 9.17) is 9.84 Å². The summed E-state index contributed by atoms with van der Waals surface area (Å²) in [5.74, 6) is -0.277. The molecule has 3 rings (SSSR count). The number of hydrogen-bond acceptors (Lipinski definition) is 6. The third-order valence-electron chi connectivity index (χ3n) is 4.27. The highest BCUT2D eigenvalue weighted by Crippen LogP contribution is 2.16. The Morgan fingerprint density at radius 3 is 2.83 bits per heavy atom. The summed E-state index contributed by atoms with van der Waals surface area (Å²) in [6.07, 6.45) is 4.08. The van der Waals surface area contributed by atoms with Crippen molar-refractivity contribution in [1.29, 1.82) is 0 Å². The molecule has 2 aromatic heterocycles. The lowest BCUT2D eigenvalue weighted by molar-refractivity contribution is -0.114. The molecule has 2 amide bonds. The normalized spacial score (nSPS) is 12.1. The Balaban J connectivity index is 1.69. The third-order valence-corrected chi connectivity index (χ3v) is 4.27. The number of amides is 2. The van der Waals surface area contributed by atoms with E-state index >= 15 is 0 Å². The van der Waals surface area contributed by atoms with Crippen molar-refractivity contribution >= 4 is 34.8 Å². The summed E-state index contributed by atoms with van der Waals surface area (Å²) < 4.78 is 5.12. The van der Waals surface area contributed by atoms with Crippen molar-refractivity contribution in [3.05, 3.63) is 60.4 Å². The number of fused-ring (bicyclic) bond motifs is 1. The summed E-state index contributed by atoms with van der Waals surface area (Å²) in [5.41, 5.74) is 1.92. The first kappa shape index (κ1) is 21.0. The minimum absolute atomic E-state index is 0.00460. The van der Waals surface area contributed by atoms with Gasteiger partial charge in [0.25, 0.3) is 5.91 Å². The zero-order valence-corrected chi connectivity index (χ0v) is 16.5. The largest absolute Gasteiger partial charge is 0.448 e. The minimum atomic E-state index is -0.649. The molecule has 0 spiro atoms. The number of aliphatic hydroxyl groups is 1. The summed E-state index contributed by atoms with van der Waals surface area (Å²) in [5, 5.41) is 19.2. The topological polar surface area (TPSA) is 120 Å². The van der Waals surface area contributed by atoms with Crippen LogP contribution in [0.15, 0.2) is 54.7 Å². The first-order valence-corrected chi connectivity index (χ1v) is 9.46. The zero-order valence-electron chi connectivity index (χ0n) is 16.5. The average Bonchev–Trinajstić information content (AvgIpc) is 3.18. The Morgan fingerprint density at radius 1 is 1.27 bits per heavy atom. The van der Waals surface area contributed by atoms with Crippen LogP contribution in [0, 0.1) is 0 Å². The fourth-order valence-corrected chi connectivity index (χ4v) is 2.73. The third kappa shape index (κ3) is 5.42. The molecule has 0 radical (unpaired) electrons. The molecule has 30 heavy (non-hydrogen) atoms. The number of nitrogens with zero attached hydrogens (tertiary/aromatic N) is 3. The first-order chi connectivity index (χ1) is 14.6. The molecule has 156 valence electrons. The van der Waals surface area contributed by atoms with Crippen LogP contribution in [0.2, 0.25) is 0 Å². The number of carbonyl (C=O) groups excluding carboxylic acids is 2. The van der Waals surface area contributed by atoms with Crippen LogP contribution in [-0.2, 0) is 9.53 Å². The maximum atomic E-state index is 12.9. The van der Waals surface area contributed by atoms with Crippen LogP contribution in [0.4, 0.5) is 10.5 Å². The van der Waals surface area contributed by atoms with Gasteiger partial charge in [0, 0.05) is 23.3 Å². The zero-order chi connectivity index (χ0) is 21.3. The number of para-hydroxylation sites is 1. The van der Waals surface area contributed by atoms with Crippen molar-refractivity contribution in [3.63, 3.8) is 0 Å². The molecule has 0 fully saturated rings. The van der Waals surface area contributed by atoms with Crippen LogP contribution < -0.4 is 10.2 Å². The second kappa shape index (κ2) is 10.2. The number of aromatic amines is 1. The predicted octanol–water partition coefficient (Wildman–Crippen LogP) is 2.11. The van der Waals surface area contributed by atoms with Gasteiger partial charge >= 0.3 is 6.09 Å². The number of pyridine rings is 1.